The Morgan fingerprint density at radius 2 is 2.29 bits per heavy atom. The maximum absolute atomic E-state index is 5.71. The van der Waals surface area contributed by atoms with Crippen molar-refractivity contribution in [1.29, 1.82) is 0 Å². The van der Waals surface area contributed by atoms with Crippen LogP contribution in [-0.4, -0.2) is 11.0 Å². The number of nitrogens with one attached hydrogen (secondary N) is 1. The van der Waals surface area contributed by atoms with E-state index in [2.05, 4.69) is 22.5 Å². The van der Waals surface area contributed by atoms with Crippen LogP contribution in [0.5, 0.6) is 0 Å². The number of rotatable bonds is 2. The Morgan fingerprint density at radius 3 is 3.12 bits per heavy atom. The molecule has 0 saturated heterocycles. The first-order valence-electron chi connectivity index (χ1n) is 5.89. The molecule has 1 heterocycles. The Hall–Kier alpha value is -1.97. The molecule has 3 rings (SSSR count). The van der Waals surface area contributed by atoms with Crippen molar-refractivity contribution in [1.82, 2.24) is 4.98 Å². The fraction of sp³-hybridized carbons (Fsp3) is 0.308. The van der Waals surface area contributed by atoms with Gasteiger partial charge in [0.2, 0.25) is 0 Å². The van der Waals surface area contributed by atoms with Crippen molar-refractivity contribution in [2.75, 3.05) is 11.1 Å². The molecule has 1 unspecified atom stereocenters. The summed E-state index contributed by atoms with van der Waals surface area (Å²) in [5, 5.41) is 3.32. The molecule has 4 heteroatoms. The molecule has 1 aliphatic rings. The SMILES string of the molecule is Nc1ccc2oc(NC3CC=CCC3)nc2c1. The minimum Gasteiger partial charge on any atom is -0.424 e. The average molecular weight is 229 g/mol. The average Bonchev–Trinajstić information content (AvgIpc) is 2.71. The second kappa shape index (κ2) is 4.13. The highest BCUT2D eigenvalue weighted by Gasteiger charge is 2.13. The third-order valence-corrected chi connectivity index (χ3v) is 3.01. The first-order chi connectivity index (χ1) is 8.31. The van der Waals surface area contributed by atoms with E-state index >= 15 is 0 Å². The van der Waals surface area contributed by atoms with Gasteiger partial charge in [0, 0.05) is 11.7 Å². The van der Waals surface area contributed by atoms with Gasteiger partial charge in [-0.15, -0.1) is 0 Å². The summed E-state index contributed by atoms with van der Waals surface area (Å²) in [6.45, 7) is 0. The quantitative estimate of drug-likeness (QED) is 0.614. The van der Waals surface area contributed by atoms with Gasteiger partial charge in [-0.25, -0.2) is 0 Å². The van der Waals surface area contributed by atoms with Gasteiger partial charge in [-0.1, -0.05) is 12.2 Å². The van der Waals surface area contributed by atoms with Crippen LogP contribution < -0.4 is 11.1 Å². The lowest BCUT2D eigenvalue weighted by Gasteiger charge is -2.17. The fourth-order valence-electron chi connectivity index (χ4n) is 2.11. The lowest BCUT2D eigenvalue weighted by atomic mass is 10.0. The molecule has 1 atom stereocenters. The van der Waals surface area contributed by atoms with Crippen molar-refractivity contribution in [3.63, 3.8) is 0 Å². The number of oxazole rings is 1. The Balaban J connectivity index is 1.83. The van der Waals surface area contributed by atoms with Crippen LogP contribution in [0.1, 0.15) is 19.3 Å². The predicted octanol–water partition coefficient (Wildman–Crippen LogP) is 2.93. The molecule has 4 nitrogen and oxygen atoms in total. The number of benzene rings is 1. The molecule has 1 aliphatic carbocycles. The molecule has 1 aromatic heterocycles. The summed E-state index contributed by atoms with van der Waals surface area (Å²) >= 11 is 0. The predicted molar refractivity (Wildman–Crippen MR) is 68.8 cm³/mol. The highest BCUT2D eigenvalue weighted by Crippen LogP contribution is 2.23. The van der Waals surface area contributed by atoms with Crippen molar-refractivity contribution in [3.05, 3.63) is 30.4 Å². The summed E-state index contributed by atoms with van der Waals surface area (Å²) in [6.07, 6.45) is 7.68. The van der Waals surface area contributed by atoms with Crippen LogP contribution in [0.15, 0.2) is 34.8 Å². The number of fused-ring (bicyclic) bond motifs is 1. The molecule has 0 fully saturated rings. The molecule has 0 saturated carbocycles. The van der Waals surface area contributed by atoms with E-state index in [4.69, 9.17) is 10.2 Å². The van der Waals surface area contributed by atoms with E-state index in [9.17, 15) is 0 Å². The topological polar surface area (TPSA) is 64.1 Å². The van der Waals surface area contributed by atoms with Gasteiger partial charge in [0.05, 0.1) is 0 Å². The molecule has 2 aromatic rings. The summed E-state index contributed by atoms with van der Waals surface area (Å²) in [5.74, 6) is 0. The molecule has 0 spiro atoms. The lowest BCUT2D eigenvalue weighted by Crippen LogP contribution is -2.20. The van der Waals surface area contributed by atoms with Crippen molar-refractivity contribution in [2.24, 2.45) is 0 Å². The van der Waals surface area contributed by atoms with E-state index < -0.39 is 0 Å². The Labute approximate surface area is 99.5 Å². The normalized spacial score (nSPS) is 19.6. The maximum Gasteiger partial charge on any atom is 0.295 e. The van der Waals surface area contributed by atoms with Crippen molar-refractivity contribution >= 4 is 22.8 Å². The molecule has 17 heavy (non-hydrogen) atoms. The molecule has 88 valence electrons. The van der Waals surface area contributed by atoms with Gasteiger partial charge < -0.3 is 15.5 Å². The standard InChI is InChI=1S/C13H15N3O/c14-9-6-7-12-11(8-9)16-13(17-12)15-10-4-2-1-3-5-10/h1-2,6-8,10H,3-5,14H2,(H,15,16). The first-order valence-corrected chi connectivity index (χ1v) is 5.89. The summed E-state index contributed by atoms with van der Waals surface area (Å²) in [6, 6.07) is 6.51. The van der Waals surface area contributed by atoms with Crippen LogP contribution in [0.2, 0.25) is 0 Å². The number of hydrogen-bond donors (Lipinski definition) is 2. The molecule has 3 N–H and O–H groups in total. The van der Waals surface area contributed by atoms with E-state index in [1.54, 1.807) is 0 Å². The zero-order valence-electron chi connectivity index (χ0n) is 9.52. The van der Waals surface area contributed by atoms with E-state index in [-0.39, 0.29) is 0 Å². The Kier molecular flexibility index (Phi) is 2.48. The van der Waals surface area contributed by atoms with Gasteiger partial charge in [0.25, 0.3) is 6.01 Å². The van der Waals surface area contributed by atoms with Crippen LogP contribution in [0.4, 0.5) is 11.7 Å². The number of anilines is 2. The molecule has 0 bridgehead atoms. The smallest absolute Gasteiger partial charge is 0.295 e. The molecule has 0 amide bonds. The lowest BCUT2D eigenvalue weighted by molar-refractivity contribution is 0.571. The summed E-state index contributed by atoms with van der Waals surface area (Å²) in [4.78, 5) is 4.39. The monoisotopic (exact) mass is 229 g/mol. The number of allylic oxidation sites excluding steroid dienone is 1. The van der Waals surface area contributed by atoms with Gasteiger partial charge in [0.1, 0.15) is 5.52 Å². The van der Waals surface area contributed by atoms with Crippen molar-refractivity contribution in [3.8, 4) is 0 Å². The Morgan fingerprint density at radius 1 is 1.35 bits per heavy atom. The molecular weight excluding hydrogens is 214 g/mol. The molecular formula is C13H15N3O. The molecule has 0 radical (unpaired) electrons. The zero-order chi connectivity index (χ0) is 11.7. The number of nitrogens with two attached hydrogens (primary N) is 1. The van der Waals surface area contributed by atoms with E-state index in [0.29, 0.717) is 17.7 Å². The maximum atomic E-state index is 5.71. The van der Waals surface area contributed by atoms with Gasteiger partial charge in [0.15, 0.2) is 5.58 Å². The zero-order valence-corrected chi connectivity index (χ0v) is 9.52. The fourth-order valence-corrected chi connectivity index (χ4v) is 2.11. The minimum atomic E-state index is 0.422. The van der Waals surface area contributed by atoms with E-state index in [1.807, 2.05) is 18.2 Å². The van der Waals surface area contributed by atoms with Crippen LogP contribution >= 0.6 is 0 Å². The van der Waals surface area contributed by atoms with Crippen LogP contribution in [0.25, 0.3) is 11.1 Å². The molecule has 0 aliphatic heterocycles. The third-order valence-electron chi connectivity index (χ3n) is 3.01. The number of hydrogen-bond acceptors (Lipinski definition) is 4. The van der Waals surface area contributed by atoms with Crippen LogP contribution in [0.3, 0.4) is 0 Å². The van der Waals surface area contributed by atoms with Crippen LogP contribution in [0, 0.1) is 0 Å². The van der Waals surface area contributed by atoms with Gasteiger partial charge in [-0.3, -0.25) is 0 Å². The first kappa shape index (κ1) is 10.2. The van der Waals surface area contributed by atoms with Gasteiger partial charge in [-0.2, -0.15) is 4.98 Å². The highest BCUT2D eigenvalue weighted by atomic mass is 16.4. The minimum absolute atomic E-state index is 0.422. The number of nitrogens with zero attached hydrogens (tertiary/aromatic N) is 1. The van der Waals surface area contributed by atoms with Gasteiger partial charge in [-0.05, 0) is 37.5 Å². The molecule has 1 aromatic carbocycles. The number of aromatic nitrogens is 1. The second-order valence-corrected chi connectivity index (χ2v) is 4.37. The largest absolute Gasteiger partial charge is 0.424 e. The third kappa shape index (κ3) is 2.11. The summed E-state index contributed by atoms with van der Waals surface area (Å²) in [5.41, 5.74) is 7.99. The highest BCUT2D eigenvalue weighted by molar-refractivity contribution is 5.78. The second-order valence-electron chi connectivity index (χ2n) is 4.37. The summed E-state index contributed by atoms with van der Waals surface area (Å²) < 4.78 is 5.62. The van der Waals surface area contributed by atoms with Crippen molar-refractivity contribution in [2.45, 2.75) is 25.3 Å². The Bertz CT molecular complexity index is 559. The van der Waals surface area contributed by atoms with Gasteiger partial charge >= 0.3 is 0 Å². The van der Waals surface area contributed by atoms with Crippen molar-refractivity contribution < 1.29 is 4.42 Å². The number of nitrogen functional groups attached to an aromatic ring is 1. The van der Waals surface area contributed by atoms with E-state index in [0.717, 1.165) is 30.4 Å². The van der Waals surface area contributed by atoms with E-state index in [1.165, 1.54) is 0 Å². The summed E-state index contributed by atoms with van der Waals surface area (Å²) in [7, 11) is 0. The van der Waals surface area contributed by atoms with Crippen LogP contribution in [-0.2, 0) is 0 Å².